The van der Waals surface area contributed by atoms with Crippen LogP contribution in [0.15, 0.2) is 22.0 Å². The van der Waals surface area contributed by atoms with Crippen molar-refractivity contribution in [1.29, 1.82) is 0 Å². The van der Waals surface area contributed by atoms with Crippen LogP contribution >= 0.6 is 27.3 Å². The highest BCUT2D eigenvalue weighted by Crippen LogP contribution is 2.29. The molecular weight excluding hydrogens is 246 g/mol. The number of rotatable bonds is 4. The molecule has 0 aliphatic rings. The molecular formula is C10H14BrNS. The van der Waals surface area contributed by atoms with E-state index >= 15 is 0 Å². The van der Waals surface area contributed by atoms with Gasteiger partial charge in [0.1, 0.15) is 0 Å². The van der Waals surface area contributed by atoms with E-state index in [1.165, 1.54) is 14.9 Å². The van der Waals surface area contributed by atoms with E-state index in [1.54, 1.807) is 11.3 Å². The van der Waals surface area contributed by atoms with Crippen LogP contribution in [0.4, 0.5) is 0 Å². The van der Waals surface area contributed by atoms with Crippen molar-refractivity contribution in [3.05, 3.63) is 26.9 Å². The molecule has 1 N–H and O–H groups in total. The number of thiophene rings is 1. The fraction of sp³-hybridized carbons (Fsp3) is 0.400. The molecule has 0 bridgehead atoms. The average molecular weight is 260 g/mol. The maximum atomic E-state index is 3.53. The van der Waals surface area contributed by atoms with Crippen LogP contribution in [0.25, 0.3) is 5.57 Å². The van der Waals surface area contributed by atoms with Crippen molar-refractivity contribution in [2.24, 2.45) is 0 Å². The first-order valence-corrected chi connectivity index (χ1v) is 5.97. The van der Waals surface area contributed by atoms with Crippen molar-refractivity contribution in [3.8, 4) is 0 Å². The first kappa shape index (κ1) is 11.0. The van der Waals surface area contributed by atoms with Gasteiger partial charge < -0.3 is 5.32 Å². The summed E-state index contributed by atoms with van der Waals surface area (Å²) in [5.74, 6) is 0. The predicted molar refractivity (Wildman–Crippen MR) is 64.2 cm³/mol. The Morgan fingerprint density at radius 2 is 2.46 bits per heavy atom. The number of allylic oxidation sites excluding steroid dienone is 1. The first-order chi connectivity index (χ1) is 6.25. The summed E-state index contributed by atoms with van der Waals surface area (Å²) in [4.78, 5) is 1.34. The molecule has 0 aliphatic heterocycles. The SMILES string of the molecule is CNCCC=C(C)c1sccc1Br. The molecule has 3 heteroatoms. The van der Waals surface area contributed by atoms with Crippen molar-refractivity contribution in [3.63, 3.8) is 0 Å². The van der Waals surface area contributed by atoms with Gasteiger partial charge in [0.15, 0.2) is 0 Å². The Morgan fingerprint density at radius 3 is 3.00 bits per heavy atom. The van der Waals surface area contributed by atoms with E-state index in [0.29, 0.717) is 0 Å². The molecule has 0 atom stereocenters. The molecule has 0 radical (unpaired) electrons. The van der Waals surface area contributed by atoms with Crippen molar-refractivity contribution in [1.82, 2.24) is 5.32 Å². The summed E-state index contributed by atoms with van der Waals surface area (Å²) >= 11 is 5.31. The van der Waals surface area contributed by atoms with E-state index in [0.717, 1.165) is 13.0 Å². The van der Waals surface area contributed by atoms with E-state index in [-0.39, 0.29) is 0 Å². The minimum absolute atomic E-state index is 1.04. The summed E-state index contributed by atoms with van der Waals surface area (Å²) in [7, 11) is 1.98. The Hall–Kier alpha value is -0.120. The van der Waals surface area contributed by atoms with Crippen molar-refractivity contribution >= 4 is 32.8 Å². The van der Waals surface area contributed by atoms with Crippen LogP contribution in [0.2, 0.25) is 0 Å². The summed E-state index contributed by atoms with van der Waals surface area (Å²) in [6.45, 7) is 3.20. The largest absolute Gasteiger partial charge is 0.319 e. The third-order valence-corrected chi connectivity index (χ3v) is 3.79. The van der Waals surface area contributed by atoms with E-state index in [4.69, 9.17) is 0 Å². The molecule has 0 aromatic carbocycles. The molecule has 72 valence electrons. The van der Waals surface area contributed by atoms with Gasteiger partial charge in [-0.15, -0.1) is 11.3 Å². The van der Waals surface area contributed by atoms with Crippen LogP contribution in [0.5, 0.6) is 0 Å². The van der Waals surface area contributed by atoms with E-state index in [9.17, 15) is 0 Å². The Balaban J connectivity index is 2.62. The normalized spacial score (nSPS) is 12.1. The van der Waals surface area contributed by atoms with Crippen LogP contribution in [0, 0.1) is 0 Å². The molecule has 0 fully saturated rings. The summed E-state index contributed by atoms with van der Waals surface area (Å²) in [5, 5.41) is 5.24. The third kappa shape index (κ3) is 3.25. The summed E-state index contributed by atoms with van der Waals surface area (Å²) in [5.41, 5.74) is 1.36. The lowest BCUT2D eigenvalue weighted by Crippen LogP contribution is -2.05. The van der Waals surface area contributed by atoms with Gasteiger partial charge in [-0.25, -0.2) is 0 Å². The molecule has 1 aromatic heterocycles. The van der Waals surface area contributed by atoms with Gasteiger partial charge in [-0.05, 0) is 59.9 Å². The van der Waals surface area contributed by atoms with Crippen LogP contribution in [-0.2, 0) is 0 Å². The Bertz CT molecular complexity index is 291. The standard InChI is InChI=1S/C10H14BrNS/c1-8(4-3-6-12-2)10-9(11)5-7-13-10/h4-5,7,12H,3,6H2,1-2H3. The highest BCUT2D eigenvalue weighted by atomic mass is 79.9. The molecule has 1 heterocycles. The molecule has 1 nitrogen and oxygen atoms in total. The second-order valence-corrected chi connectivity index (χ2v) is 4.65. The summed E-state index contributed by atoms with van der Waals surface area (Å²) < 4.78 is 1.20. The minimum atomic E-state index is 1.04. The highest BCUT2D eigenvalue weighted by molar-refractivity contribution is 9.10. The first-order valence-electron chi connectivity index (χ1n) is 4.30. The van der Waals surface area contributed by atoms with E-state index in [1.807, 2.05) is 7.05 Å². The highest BCUT2D eigenvalue weighted by Gasteiger charge is 2.01. The van der Waals surface area contributed by atoms with Gasteiger partial charge in [0, 0.05) is 9.35 Å². The van der Waals surface area contributed by atoms with Gasteiger partial charge in [-0.2, -0.15) is 0 Å². The molecule has 0 saturated carbocycles. The van der Waals surface area contributed by atoms with Gasteiger partial charge in [-0.3, -0.25) is 0 Å². The fourth-order valence-electron chi connectivity index (χ4n) is 1.10. The zero-order valence-corrected chi connectivity index (χ0v) is 10.3. The van der Waals surface area contributed by atoms with E-state index in [2.05, 4.69) is 45.7 Å². The number of hydrogen-bond donors (Lipinski definition) is 1. The predicted octanol–water partition coefficient (Wildman–Crippen LogP) is 3.52. The van der Waals surface area contributed by atoms with Crippen molar-refractivity contribution in [2.45, 2.75) is 13.3 Å². The molecule has 0 unspecified atom stereocenters. The minimum Gasteiger partial charge on any atom is -0.319 e. The van der Waals surface area contributed by atoms with Gasteiger partial charge in [0.2, 0.25) is 0 Å². The third-order valence-electron chi connectivity index (χ3n) is 1.82. The zero-order valence-electron chi connectivity index (χ0n) is 7.93. The molecule has 0 spiro atoms. The van der Waals surface area contributed by atoms with Crippen LogP contribution in [-0.4, -0.2) is 13.6 Å². The Morgan fingerprint density at radius 1 is 1.69 bits per heavy atom. The van der Waals surface area contributed by atoms with Crippen molar-refractivity contribution in [2.75, 3.05) is 13.6 Å². The van der Waals surface area contributed by atoms with Crippen molar-refractivity contribution < 1.29 is 0 Å². The second-order valence-electron chi connectivity index (χ2n) is 2.88. The number of nitrogens with one attached hydrogen (secondary N) is 1. The lowest BCUT2D eigenvalue weighted by atomic mass is 10.2. The summed E-state index contributed by atoms with van der Waals surface area (Å²) in [6, 6.07) is 2.09. The topological polar surface area (TPSA) is 12.0 Å². The average Bonchev–Trinajstić information content (AvgIpc) is 2.52. The molecule has 0 amide bonds. The monoisotopic (exact) mass is 259 g/mol. The van der Waals surface area contributed by atoms with Gasteiger partial charge in [0.05, 0.1) is 0 Å². The molecule has 1 aromatic rings. The lowest BCUT2D eigenvalue weighted by molar-refractivity contribution is 0.808. The lowest BCUT2D eigenvalue weighted by Gasteiger charge is -1.99. The Labute approximate surface area is 92.0 Å². The maximum absolute atomic E-state index is 3.53. The van der Waals surface area contributed by atoms with Gasteiger partial charge in [-0.1, -0.05) is 6.08 Å². The number of hydrogen-bond acceptors (Lipinski definition) is 2. The van der Waals surface area contributed by atoms with Gasteiger partial charge >= 0.3 is 0 Å². The molecule has 0 aliphatic carbocycles. The molecule has 13 heavy (non-hydrogen) atoms. The van der Waals surface area contributed by atoms with Crippen LogP contribution in [0.1, 0.15) is 18.2 Å². The Kier molecular flexibility index (Phi) is 4.70. The fourth-order valence-corrected chi connectivity index (χ4v) is 2.79. The van der Waals surface area contributed by atoms with E-state index < -0.39 is 0 Å². The zero-order chi connectivity index (χ0) is 9.68. The maximum Gasteiger partial charge on any atom is 0.0438 e. The summed E-state index contributed by atoms with van der Waals surface area (Å²) in [6.07, 6.45) is 3.36. The van der Waals surface area contributed by atoms with Crippen LogP contribution in [0.3, 0.4) is 0 Å². The van der Waals surface area contributed by atoms with Gasteiger partial charge in [0.25, 0.3) is 0 Å². The number of halogens is 1. The quantitative estimate of drug-likeness (QED) is 0.817. The molecule has 0 saturated heterocycles. The van der Waals surface area contributed by atoms with Crippen LogP contribution < -0.4 is 5.32 Å². The second kappa shape index (κ2) is 5.58. The molecule has 1 rings (SSSR count). The smallest absolute Gasteiger partial charge is 0.0438 e.